The molecule has 1 heterocycles. The summed E-state index contributed by atoms with van der Waals surface area (Å²) in [4.78, 5) is 24.2. The van der Waals surface area contributed by atoms with E-state index in [-0.39, 0.29) is 11.5 Å². The summed E-state index contributed by atoms with van der Waals surface area (Å²) in [5.41, 5.74) is 1.33. The van der Waals surface area contributed by atoms with Crippen LogP contribution in [-0.4, -0.2) is 44.1 Å². The molecule has 0 bridgehead atoms. The van der Waals surface area contributed by atoms with Crippen molar-refractivity contribution in [2.45, 2.75) is 30.4 Å². The fourth-order valence-corrected chi connectivity index (χ4v) is 4.43. The van der Waals surface area contributed by atoms with Crippen LogP contribution < -0.4 is 14.8 Å². The van der Waals surface area contributed by atoms with E-state index in [0.717, 1.165) is 5.69 Å². The Hall–Kier alpha value is -4.31. The fraction of sp³-hybridized carbons (Fsp3) is 0.185. The van der Waals surface area contributed by atoms with Crippen molar-refractivity contribution < 1.29 is 24.2 Å². The van der Waals surface area contributed by atoms with Gasteiger partial charge in [0.15, 0.2) is 17.1 Å². The van der Waals surface area contributed by atoms with Gasteiger partial charge in [-0.1, -0.05) is 42.1 Å². The molecule has 0 saturated carbocycles. The van der Waals surface area contributed by atoms with Gasteiger partial charge in [0.05, 0.1) is 17.9 Å². The molecule has 4 rings (SSSR count). The Labute approximate surface area is 218 Å². The van der Waals surface area contributed by atoms with E-state index < -0.39 is 17.3 Å². The highest BCUT2D eigenvalue weighted by Crippen LogP contribution is 2.31. The Balaban J connectivity index is 1.57. The van der Waals surface area contributed by atoms with E-state index in [9.17, 15) is 14.7 Å². The molecule has 4 aromatic rings. The van der Waals surface area contributed by atoms with E-state index >= 15 is 0 Å². The second-order valence-corrected chi connectivity index (χ2v) is 9.39. The van der Waals surface area contributed by atoms with Crippen LogP contribution in [0.25, 0.3) is 5.69 Å². The highest BCUT2D eigenvalue weighted by Gasteiger charge is 2.25. The molecular formula is C27H26N4O5S. The number of rotatable bonds is 10. The van der Waals surface area contributed by atoms with Gasteiger partial charge in [-0.15, -0.1) is 10.2 Å². The number of hydrogen-bond acceptors (Lipinski definition) is 7. The van der Waals surface area contributed by atoms with Crippen molar-refractivity contribution in [3.8, 4) is 17.2 Å². The van der Waals surface area contributed by atoms with E-state index in [1.165, 1.54) is 23.9 Å². The molecule has 1 aromatic heterocycles. The number of para-hydroxylation sites is 1. The van der Waals surface area contributed by atoms with Crippen molar-refractivity contribution in [3.63, 3.8) is 0 Å². The van der Waals surface area contributed by atoms with Gasteiger partial charge in [-0.2, -0.15) is 0 Å². The maximum Gasteiger partial charge on any atom is 0.335 e. The van der Waals surface area contributed by atoms with Crippen LogP contribution in [-0.2, 0) is 4.79 Å². The van der Waals surface area contributed by atoms with Crippen molar-refractivity contribution in [3.05, 3.63) is 90.3 Å². The van der Waals surface area contributed by atoms with Gasteiger partial charge in [0.25, 0.3) is 0 Å². The average molecular weight is 519 g/mol. The van der Waals surface area contributed by atoms with E-state index in [1.54, 1.807) is 32.2 Å². The number of carbonyl (C=O) groups excluding carboxylic acids is 1. The number of nitrogens with one attached hydrogen (secondary N) is 1. The number of carboxylic acids is 1. The summed E-state index contributed by atoms with van der Waals surface area (Å²) in [6.45, 7) is 3.63. The second-order valence-electron chi connectivity index (χ2n) is 8.09. The molecule has 190 valence electrons. The molecule has 0 aliphatic carbocycles. The molecular weight excluding hydrogens is 492 g/mol. The minimum atomic E-state index is -1.06. The van der Waals surface area contributed by atoms with Gasteiger partial charge < -0.3 is 19.9 Å². The van der Waals surface area contributed by atoms with E-state index in [0.29, 0.717) is 28.2 Å². The van der Waals surface area contributed by atoms with Crippen LogP contribution in [0.15, 0.2) is 84.0 Å². The van der Waals surface area contributed by atoms with Gasteiger partial charge >= 0.3 is 5.97 Å². The Morgan fingerprint density at radius 3 is 2.41 bits per heavy atom. The molecule has 0 aliphatic rings. The Morgan fingerprint density at radius 1 is 0.946 bits per heavy atom. The highest BCUT2D eigenvalue weighted by molar-refractivity contribution is 8.00. The van der Waals surface area contributed by atoms with E-state index in [4.69, 9.17) is 9.47 Å². The second kappa shape index (κ2) is 11.6. The molecule has 0 radical (unpaired) electrons. The lowest BCUT2D eigenvalue weighted by Gasteiger charge is -2.18. The Morgan fingerprint density at radius 2 is 1.68 bits per heavy atom. The molecule has 2 atom stereocenters. The van der Waals surface area contributed by atoms with Crippen molar-refractivity contribution in [1.29, 1.82) is 0 Å². The molecule has 0 saturated heterocycles. The van der Waals surface area contributed by atoms with Crippen LogP contribution in [0.5, 0.6) is 11.5 Å². The molecule has 3 aromatic carbocycles. The Kier molecular flexibility index (Phi) is 8.09. The minimum absolute atomic E-state index is 0.0941. The van der Waals surface area contributed by atoms with E-state index in [1.807, 2.05) is 60.0 Å². The predicted molar refractivity (Wildman–Crippen MR) is 141 cm³/mol. The van der Waals surface area contributed by atoms with Gasteiger partial charge in [0.1, 0.15) is 11.5 Å². The van der Waals surface area contributed by atoms with Crippen LogP contribution in [0.1, 0.15) is 36.1 Å². The van der Waals surface area contributed by atoms with Crippen LogP contribution in [0.4, 0.5) is 5.69 Å². The number of ether oxygens (including phenoxy) is 2. The first kappa shape index (κ1) is 25.8. The molecule has 37 heavy (non-hydrogen) atoms. The Bertz CT molecular complexity index is 1390. The number of benzene rings is 3. The number of thioether (sulfide) groups is 1. The van der Waals surface area contributed by atoms with Gasteiger partial charge in [0, 0.05) is 17.4 Å². The number of methoxy groups -OCH3 is 1. The van der Waals surface area contributed by atoms with Crippen LogP contribution in [0.2, 0.25) is 0 Å². The number of anilines is 1. The summed E-state index contributed by atoms with van der Waals surface area (Å²) in [5, 5.41) is 20.7. The van der Waals surface area contributed by atoms with Crippen LogP contribution >= 0.6 is 11.8 Å². The number of hydrogen-bond donors (Lipinski definition) is 2. The third-order valence-electron chi connectivity index (χ3n) is 5.42. The first-order chi connectivity index (χ1) is 17.9. The zero-order valence-corrected chi connectivity index (χ0v) is 21.3. The van der Waals surface area contributed by atoms with E-state index in [2.05, 4.69) is 15.5 Å². The first-order valence-electron chi connectivity index (χ1n) is 11.5. The van der Waals surface area contributed by atoms with Crippen molar-refractivity contribution in [1.82, 2.24) is 14.8 Å². The number of nitrogens with zero attached hydrogens (tertiary/aromatic N) is 3. The number of aromatic nitrogens is 3. The fourth-order valence-electron chi connectivity index (χ4n) is 3.56. The van der Waals surface area contributed by atoms with Gasteiger partial charge in [-0.05, 0) is 56.3 Å². The summed E-state index contributed by atoms with van der Waals surface area (Å²) in [7, 11) is 1.60. The summed E-state index contributed by atoms with van der Waals surface area (Å²) in [6, 6.07) is 23.0. The zero-order chi connectivity index (χ0) is 26.4. The number of carbonyl (C=O) groups is 2. The van der Waals surface area contributed by atoms with Crippen molar-refractivity contribution >= 4 is 29.3 Å². The SMILES string of the molecule is COc1cccc(OC(C)c2nnc(SC(C)C(=O)Nc3cccc(C(=O)O)c3)n2-c2ccccc2)c1. The third-order valence-corrected chi connectivity index (χ3v) is 6.46. The third kappa shape index (κ3) is 6.28. The molecule has 2 unspecified atom stereocenters. The molecule has 0 spiro atoms. The summed E-state index contributed by atoms with van der Waals surface area (Å²) >= 11 is 1.24. The number of aromatic carboxylic acids is 1. The lowest BCUT2D eigenvalue weighted by molar-refractivity contribution is -0.115. The average Bonchev–Trinajstić information content (AvgIpc) is 3.33. The monoisotopic (exact) mass is 518 g/mol. The topological polar surface area (TPSA) is 116 Å². The van der Waals surface area contributed by atoms with Crippen LogP contribution in [0.3, 0.4) is 0 Å². The maximum absolute atomic E-state index is 12.9. The summed E-state index contributed by atoms with van der Waals surface area (Å²) < 4.78 is 13.3. The summed E-state index contributed by atoms with van der Waals surface area (Å²) in [6.07, 6.45) is -0.461. The number of amides is 1. The minimum Gasteiger partial charge on any atom is -0.497 e. The lowest BCUT2D eigenvalue weighted by Crippen LogP contribution is -2.23. The molecule has 1 amide bonds. The maximum atomic E-state index is 12.9. The lowest BCUT2D eigenvalue weighted by atomic mass is 10.2. The van der Waals surface area contributed by atoms with Crippen molar-refractivity contribution in [2.24, 2.45) is 0 Å². The molecule has 10 heteroatoms. The largest absolute Gasteiger partial charge is 0.497 e. The standard InChI is InChI=1S/C27H26N4O5S/c1-17(36-23-14-8-13-22(16-23)35-3)24-29-30-27(31(24)21-11-5-4-6-12-21)37-18(2)25(32)28-20-10-7-9-19(15-20)26(33)34/h4-18H,1-3H3,(H,28,32)(H,33,34). The quantitative estimate of drug-likeness (QED) is 0.274. The highest BCUT2D eigenvalue weighted by atomic mass is 32.2. The normalized spacial score (nSPS) is 12.4. The summed E-state index contributed by atoms with van der Waals surface area (Å²) in [5.74, 6) is 0.516. The zero-order valence-electron chi connectivity index (χ0n) is 20.5. The van der Waals surface area contributed by atoms with Crippen LogP contribution in [0, 0.1) is 0 Å². The number of carboxylic acid groups (broad SMARTS) is 1. The molecule has 2 N–H and O–H groups in total. The van der Waals surface area contributed by atoms with Gasteiger partial charge in [-0.25, -0.2) is 4.79 Å². The molecule has 9 nitrogen and oxygen atoms in total. The predicted octanol–water partition coefficient (Wildman–Crippen LogP) is 5.23. The van der Waals surface area contributed by atoms with Gasteiger partial charge in [-0.3, -0.25) is 9.36 Å². The molecule has 0 fully saturated rings. The first-order valence-corrected chi connectivity index (χ1v) is 12.4. The van der Waals surface area contributed by atoms with Gasteiger partial charge in [0.2, 0.25) is 5.91 Å². The van der Waals surface area contributed by atoms with Crippen molar-refractivity contribution in [2.75, 3.05) is 12.4 Å². The smallest absolute Gasteiger partial charge is 0.335 e. The molecule has 0 aliphatic heterocycles.